The largest absolute Gasteiger partial charge is 0.327 e. The lowest BCUT2D eigenvalue weighted by Crippen LogP contribution is -2.55. The molecule has 1 aliphatic rings. The predicted molar refractivity (Wildman–Crippen MR) is 63.5 cm³/mol. The first kappa shape index (κ1) is 13.0. The van der Waals surface area contributed by atoms with Crippen LogP contribution in [-0.4, -0.2) is 24.5 Å². The molecule has 1 aliphatic carbocycles. The molecule has 4 heteroatoms. The molecule has 0 aromatic carbocycles. The zero-order valence-corrected chi connectivity index (χ0v) is 10.8. The summed E-state index contributed by atoms with van der Waals surface area (Å²) in [5.74, 6) is 0. The van der Waals surface area contributed by atoms with Crippen LogP contribution in [0.4, 0.5) is 0 Å². The Labute approximate surface area is 93.3 Å². The lowest BCUT2D eigenvalue weighted by molar-refractivity contribution is 0.332. The maximum absolute atomic E-state index is 12.4. The van der Waals surface area contributed by atoms with Gasteiger partial charge in [-0.15, -0.1) is 0 Å². The maximum Gasteiger partial charge on any atom is 0.159 e. The second-order valence-corrected chi connectivity index (χ2v) is 7.85. The molecule has 0 aromatic rings. The van der Waals surface area contributed by atoms with Gasteiger partial charge in [0.1, 0.15) is 0 Å². The molecule has 1 saturated carbocycles. The maximum atomic E-state index is 12.4. The molecule has 0 heterocycles. The number of rotatable bonds is 3. The van der Waals surface area contributed by atoms with E-state index in [2.05, 4.69) is 0 Å². The fourth-order valence-corrected chi connectivity index (χ4v) is 4.93. The van der Waals surface area contributed by atoms with E-state index in [9.17, 15) is 8.42 Å². The fraction of sp³-hybridized carbons (Fsp3) is 1.00. The van der Waals surface area contributed by atoms with Crippen LogP contribution in [0.15, 0.2) is 0 Å². The van der Waals surface area contributed by atoms with Gasteiger partial charge in [-0.05, 0) is 33.6 Å². The lowest BCUT2D eigenvalue weighted by Gasteiger charge is -2.41. The molecule has 0 spiro atoms. The SMILES string of the molecule is CC(N)C1(S(=O)(=O)C(C)C)CCCCC1. The summed E-state index contributed by atoms with van der Waals surface area (Å²) >= 11 is 0. The summed E-state index contributed by atoms with van der Waals surface area (Å²) in [5, 5.41) is -0.318. The second-order valence-electron chi connectivity index (χ2n) is 5.01. The first-order valence-electron chi connectivity index (χ1n) is 5.83. The highest BCUT2D eigenvalue weighted by Crippen LogP contribution is 2.39. The minimum Gasteiger partial charge on any atom is -0.327 e. The average Bonchev–Trinajstić information content (AvgIpc) is 2.18. The highest BCUT2D eigenvalue weighted by Gasteiger charge is 2.48. The van der Waals surface area contributed by atoms with Crippen molar-refractivity contribution in [3.63, 3.8) is 0 Å². The zero-order valence-electron chi connectivity index (χ0n) is 9.99. The van der Waals surface area contributed by atoms with E-state index < -0.39 is 14.6 Å². The third-order valence-electron chi connectivity index (χ3n) is 3.72. The van der Waals surface area contributed by atoms with Crippen molar-refractivity contribution in [2.45, 2.75) is 68.9 Å². The minimum absolute atomic E-state index is 0.259. The number of hydrogen-bond donors (Lipinski definition) is 1. The van der Waals surface area contributed by atoms with Gasteiger partial charge in [-0.3, -0.25) is 0 Å². The van der Waals surface area contributed by atoms with Gasteiger partial charge >= 0.3 is 0 Å². The Morgan fingerprint density at radius 2 is 1.53 bits per heavy atom. The Bertz CT molecular complexity index is 301. The van der Waals surface area contributed by atoms with Crippen molar-refractivity contribution >= 4 is 9.84 Å². The molecule has 2 N–H and O–H groups in total. The Balaban J connectivity index is 3.11. The van der Waals surface area contributed by atoms with Crippen LogP contribution in [0.1, 0.15) is 52.9 Å². The molecule has 3 nitrogen and oxygen atoms in total. The van der Waals surface area contributed by atoms with E-state index in [1.165, 1.54) is 0 Å². The lowest BCUT2D eigenvalue weighted by atomic mass is 9.84. The van der Waals surface area contributed by atoms with E-state index in [0.717, 1.165) is 32.1 Å². The van der Waals surface area contributed by atoms with Crippen LogP contribution in [0.25, 0.3) is 0 Å². The normalized spacial score (nSPS) is 24.1. The molecule has 0 aromatic heterocycles. The molecular weight excluding hydrogens is 210 g/mol. The number of sulfone groups is 1. The van der Waals surface area contributed by atoms with Gasteiger partial charge < -0.3 is 5.73 Å². The van der Waals surface area contributed by atoms with Crippen LogP contribution in [0.3, 0.4) is 0 Å². The molecule has 0 radical (unpaired) electrons. The van der Waals surface area contributed by atoms with Crippen LogP contribution in [-0.2, 0) is 9.84 Å². The van der Waals surface area contributed by atoms with Crippen molar-refractivity contribution in [3.8, 4) is 0 Å². The smallest absolute Gasteiger partial charge is 0.159 e. The summed E-state index contributed by atoms with van der Waals surface area (Å²) in [7, 11) is -3.09. The molecule has 0 aliphatic heterocycles. The quantitative estimate of drug-likeness (QED) is 0.809. The van der Waals surface area contributed by atoms with Crippen LogP contribution in [0, 0.1) is 0 Å². The van der Waals surface area contributed by atoms with E-state index in [1.54, 1.807) is 13.8 Å². The second kappa shape index (κ2) is 4.42. The van der Waals surface area contributed by atoms with Crippen LogP contribution in [0.5, 0.6) is 0 Å². The van der Waals surface area contributed by atoms with Gasteiger partial charge in [0.15, 0.2) is 9.84 Å². The predicted octanol–water partition coefficient (Wildman–Crippen LogP) is 1.86. The third kappa shape index (κ3) is 2.07. The Morgan fingerprint density at radius 1 is 1.07 bits per heavy atom. The number of hydrogen-bond acceptors (Lipinski definition) is 3. The fourth-order valence-electron chi connectivity index (χ4n) is 2.62. The Morgan fingerprint density at radius 3 is 1.87 bits per heavy atom. The summed E-state index contributed by atoms with van der Waals surface area (Å²) in [6.07, 6.45) is 4.61. The minimum atomic E-state index is -3.09. The molecule has 1 unspecified atom stereocenters. The molecule has 90 valence electrons. The standard InChI is InChI=1S/C11H23NO2S/c1-9(2)15(13,14)11(10(3)12)7-5-4-6-8-11/h9-10H,4-8,12H2,1-3H3. The van der Waals surface area contributed by atoms with Crippen molar-refractivity contribution < 1.29 is 8.42 Å². The summed E-state index contributed by atoms with van der Waals surface area (Å²) in [6.45, 7) is 5.35. The molecule has 0 bridgehead atoms. The zero-order chi connectivity index (χ0) is 11.7. The van der Waals surface area contributed by atoms with E-state index in [4.69, 9.17) is 5.73 Å². The van der Waals surface area contributed by atoms with Gasteiger partial charge in [0, 0.05) is 6.04 Å². The van der Waals surface area contributed by atoms with E-state index >= 15 is 0 Å². The Kier molecular flexibility index (Phi) is 3.82. The summed E-state index contributed by atoms with van der Waals surface area (Å²) in [5.41, 5.74) is 5.95. The first-order valence-corrected chi connectivity index (χ1v) is 7.38. The van der Waals surface area contributed by atoms with Gasteiger partial charge in [-0.2, -0.15) is 0 Å². The summed E-state index contributed by atoms with van der Waals surface area (Å²) in [4.78, 5) is 0. The van der Waals surface area contributed by atoms with Crippen LogP contribution in [0.2, 0.25) is 0 Å². The van der Waals surface area contributed by atoms with Crippen molar-refractivity contribution in [2.75, 3.05) is 0 Å². The topological polar surface area (TPSA) is 60.2 Å². The van der Waals surface area contributed by atoms with Gasteiger partial charge in [0.05, 0.1) is 10.00 Å². The summed E-state index contributed by atoms with van der Waals surface area (Å²) in [6, 6.07) is -0.259. The van der Waals surface area contributed by atoms with Crippen molar-refractivity contribution in [1.82, 2.24) is 0 Å². The van der Waals surface area contributed by atoms with Gasteiger partial charge in [0.2, 0.25) is 0 Å². The van der Waals surface area contributed by atoms with Gasteiger partial charge in [-0.25, -0.2) is 8.42 Å². The van der Waals surface area contributed by atoms with Gasteiger partial charge in [-0.1, -0.05) is 19.3 Å². The molecule has 1 rings (SSSR count). The van der Waals surface area contributed by atoms with Gasteiger partial charge in [0.25, 0.3) is 0 Å². The number of nitrogens with two attached hydrogens (primary N) is 1. The molecule has 0 amide bonds. The summed E-state index contributed by atoms with van der Waals surface area (Å²) < 4.78 is 24.1. The highest BCUT2D eigenvalue weighted by atomic mass is 32.2. The van der Waals surface area contributed by atoms with Crippen LogP contribution < -0.4 is 5.73 Å². The first-order chi connectivity index (χ1) is 6.84. The van der Waals surface area contributed by atoms with E-state index in [0.29, 0.717) is 0 Å². The van der Waals surface area contributed by atoms with Crippen molar-refractivity contribution in [2.24, 2.45) is 5.73 Å². The molecule has 1 fully saturated rings. The highest BCUT2D eigenvalue weighted by molar-refractivity contribution is 7.93. The molecular formula is C11H23NO2S. The molecule has 0 saturated heterocycles. The van der Waals surface area contributed by atoms with Crippen LogP contribution >= 0.6 is 0 Å². The third-order valence-corrected chi connectivity index (χ3v) is 6.87. The van der Waals surface area contributed by atoms with E-state index in [-0.39, 0.29) is 11.3 Å². The van der Waals surface area contributed by atoms with Crippen molar-refractivity contribution in [1.29, 1.82) is 0 Å². The average molecular weight is 233 g/mol. The molecule has 15 heavy (non-hydrogen) atoms. The Hall–Kier alpha value is -0.0900. The van der Waals surface area contributed by atoms with Crippen molar-refractivity contribution in [3.05, 3.63) is 0 Å². The van der Waals surface area contributed by atoms with E-state index in [1.807, 2.05) is 6.92 Å². The molecule has 1 atom stereocenters. The monoisotopic (exact) mass is 233 g/mol.